The minimum absolute atomic E-state index is 0.0118. The molecule has 0 aliphatic heterocycles. The number of carbonyl (C=O) groups is 4. The van der Waals surface area contributed by atoms with Crippen LogP contribution in [0.2, 0.25) is 5.02 Å². The Labute approximate surface area is 241 Å². The number of halogens is 1. The molecule has 10 heteroatoms. The number of ether oxygens (including phenoxy) is 1. The minimum Gasteiger partial charge on any atom is -0.445 e. The van der Waals surface area contributed by atoms with E-state index in [0.29, 0.717) is 36.6 Å². The molecule has 3 amide bonds. The second kappa shape index (κ2) is 16.6. The first kappa shape index (κ1) is 31.1. The van der Waals surface area contributed by atoms with Gasteiger partial charge >= 0.3 is 6.09 Å². The van der Waals surface area contributed by atoms with Crippen molar-refractivity contribution in [3.8, 4) is 0 Å². The maximum Gasteiger partial charge on any atom is 0.408 e. The molecule has 1 aromatic heterocycles. The van der Waals surface area contributed by atoms with E-state index >= 15 is 0 Å². The number of alkyl carbamates (subject to hydrolysis) is 1. The van der Waals surface area contributed by atoms with Crippen molar-refractivity contribution >= 4 is 35.8 Å². The summed E-state index contributed by atoms with van der Waals surface area (Å²) in [4.78, 5) is 55.8. The van der Waals surface area contributed by atoms with E-state index in [1.54, 1.807) is 48.6 Å². The third-order valence-electron chi connectivity index (χ3n) is 7.23. The highest BCUT2D eigenvalue weighted by molar-refractivity contribution is 6.30. The van der Waals surface area contributed by atoms with Crippen molar-refractivity contribution in [1.29, 1.82) is 0 Å². The van der Waals surface area contributed by atoms with Crippen LogP contribution < -0.4 is 10.6 Å². The van der Waals surface area contributed by atoms with Gasteiger partial charge < -0.3 is 25.1 Å². The summed E-state index contributed by atoms with van der Waals surface area (Å²) >= 11 is 6.00. The molecule has 2 aromatic rings. The van der Waals surface area contributed by atoms with Crippen LogP contribution in [0.5, 0.6) is 0 Å². The molecule has 1 aliphatic rings. The van der Waals surface area contributed by atoms with Gasteiger partial charge in [-0.15, -0.1) is 0 Å². The van der Waals surface area contributed by atoms with Crippen LogP contribution in [0.1, 0.15) is 62.5 Å². The Hall–Kier alpha value is -3.46. The predicted molar refractivity (Wildman–Crippen MR) is 153 cm³/mol. The Morgan fingerprint density at radius 1 is 1.10 bits per heavy atom. The number of hydrogen-bond donors (Lipinski definition) is 2. The van der Waals surface area contributed by atoms with Gasteiger partial charge in [-0.05, 0) is 60.6 Å². The molecule has 0 radical (unpaired) electrons. The average molecular weight is 571 g/mol. The molecule has 0 saturated heterocycles. The lowest BCUT2D eigenvalue weighted by molar-refractivity contribution is -0.131. The molecule has 40 heavy (non-hydrogen) atoms. The van der Waals surface area contributed by atoms with Crippen LogP contribution in [-0.2, 0) is 32.1 Å². The number of carbonyl (C=O) groups excluding carboxylic acids is 4. The summed E-state index contributed by atoms with van der Waals surface area (Å²) in [6.45, 7) is 0.545. The third-order valence-corrected chi connectivity index (χ3v) is 7.47. The summed E-state index contributed by atoms with van der Waals surface area (Å²) in [6.07, 6.45) is 10.1. The van der Waals surface area contributed by atoms with Gasteiger partial charge in [0.15, 0.2) is 0 Å². The number of rotatable bonds is 14. The lowest BCUT2D eigenvalue weighted by Crippen LogP contribution is -2.51. The highest BCUT2D eigenvalue weighted by atomic mass is 35.5. The molecule has 2 unspecified atom stereocenters. The van der Waals surface area contributed by atoms with Crippen LogP contribution in [0.15, 0.2) is 48.8 Å². The molecule has 1 aromatic carbocycles. The molecule has 2 N–H and O–H groups in total. The Bertz CT molecular complexity index is 1110. The zero-order valence-corrected chi connectivity index (χ0v) is 23.8. The van der Waals surface area contributed by atoms with Gasteiger partial charge in [-0.3, -0.25) is 14.6 Å². The number of benzene rings is 1. The number of amides is 3. The van der Waals surface area contributed by atoms with Gasteiger partial charge in [0.05, 0.1) is 6.04 Å². The SMILES string of the molecule is CN(CCc1ccncc1)C(=O)CCC(C=O)NC(=O)C(CC1CCCCC1)NC(=O)OCc1cccc(Cl)c1. The van der Waals surface area contributed by atoms with Crippen LogP contribution in [-0.4, -0.2) is 59.8 Å². The molecular weight excluding hydrogens is 532 g/mol. The first-order chi connectivity index (χ1) is 19.3. The summed E-state index contributed by atoms with van der Waals surface area (Å²) in [5, 5.41) is 5.95. The highest BCUT2D eigenvalue weighted by Gasteiger charge is 2.28. The van der Waals surface area contributed by atoms with E-state index in [4.69, 9.17) is 16.3 Å². The molecule has 3 rings (SSSR count). The topological polar surface area (TPSA) is 118 Å². The maximum atomic E-state index is 13.2. The summed E-state index contributed by atoms with van der Waals surface area (Å²) in [5.74, 6) is -0.277. The second-order valence-electron chi connectivity index (χ2n) is 10.4. The molecule has 1 heterocycles. The maximum absolute atomic E-state index is 13.2. The Kier molecular flexibility index (Phi) is 12.9. The van der Waals surface area contributed by atoms with E-state index in [2.05, 4.69) is 15.6 Å². The number of aldehydes is 1. The van der Waals surface area contributed by atoms with Crippen molar-refractivity contribution in [3.63, 3.8) is 0 Å². The van der Waals surface area contributed by atoms with E-state index in [1.165, 1.54) is 6.42 Å². The van der Waals surface area contributed by atoms with Gasteiger partial charge in [0.2, 0.25) is 11.8 Å². The van der Waals surface area contributed by atoms with Crippen LogP contribution in [0, 0.1) is 5.92 Å². The van der Waals surface area contributed by atoms with Gasteiger partial charge in [-0.2, -0.15) is 0 Å². The zero-order chi connectivity index (χ0) is 28.7. The lowest BCUT2D eigenvalue weighted by atomic mass is 9.84. The number of nitrogens with one attached hydrogen (secondary N) is 2. The van der Waals surface area contributed by atoms with Crippen molar-refractivity contribution < 1.29 is 23.9 Å². The van der Waals surface area contributed by atoms with Crippen LogP contribution in [0.3, 0.4) is 0 Å². The Balaban J connectivity index is 1.51. The zero-order valence-electron chi connectivity index (χ0n) is 23.0. The number of aromatic nitrogens is 1. The largest absolute Gasteiger partial charge is 0.445 e. The van der Waals surface area contributed by atoms with E-state index < -0.39 is 24.1 Å². The fourth-order valence-electron chi connectivity index (χ4n) is 4.85. The Morgan fingerprint density at radius 3 is 2.55 bits per heavy atom. The third kappa shape index (κ3) is 11.0. The molecule has 0 spiro atoms. The van der Waals surface area contributed by atoms with Crippen LogP contribution in [0.25, 0.3) is 0 Å². The molecule has 0 bridgehead atoms. The smallest absolute Gasteiger partial charge is 0.408 e. The van der Waals surface area contributed by atoms with Gasteiger partial charge in [-0.1, -0.05) is 55.8 Å². The molecule has 1 fully saturated rings. The molecule has 9 nitrogen and oxygen atoms in total. The fourth-order valence-corrected chi connectivity index (χ4v) is 5.06. The number of pyridine rings is 1. The fraction of sp³-hybridized carbons (Fsp3) is 0.500. The van der Waals surface area contributed by atoms with Crippen molar-refractivity contribution in [3.05, 3.63) is 64.9 Å². The van der Waals surface area contributed by atoms with Crippen molar-refractivity contribution in [2.45, 2.75) is 76.5 Å². The molecular formula is C30H39ClN4O5. The van der Waals surface area contributed by atoms with Crippen molar-refractivity contribution in [1.82, 2.24) is 20.5 Å². The first-order valence-corrected chi connectivity index (χ1v) is 14.3. The summed E-state index contributed by atoms with van der Waals surface area (Å²) < 4.78 is 5.33. The standard InChI is InChI=1S/C30H39ClN4O5/c1-35(17-14-22-12-15-32-16-13-22)28(37)11-10-26(20-36)33-29(38)27(19-23-6-3-2-4-7-23)34-30(39)40-21-24-8-5-9-25(31)18-24/h5,8-9,12-13,15-16,18,20,23,26-27H,2-4,6-7,10-11,14,17,19,21H2,1H3,(H,33,38)(H,34,39). The van der Waals surface area contributed by atoms with E-state index in [-0.39, 0.29) is 25.4 Å². The molecule has 2 atom stereocenters. The molecule has 1 saturated carbocycles. The minimum atomic E-state index is -0.851. The second-order valence-corrected chi connectivity index (χ2v) is 10.8. The van der Waals surface area contributed by atoms with Gasteiger partial charge in [0.1, 0.15) is 18.9 Å². The summed E-state index contributed by atoms with van der Waals surface area (Å²) in [7, 11) is 1.72. The average Bonchev–Trinajstić information content (AvgIpc) is 2.97. The molecule has 216 valence electrons. The first-order valence-electron chi connectivity index (χ1n) is 13.9. The highest BCUT2D eigenvalue weighted by Crippen LogP contribution is 2.27. The van der Waals surface area contributed by atoms with E-state index in [1.807, 2.05) is 12.1 Å². The quantitative estimate of drug-likeness (QED) is 0.324. The lowest BCUT2D eigenvalue weighted by Gasteiger charge is -2.27. The van der Waals surface area contributed by atoms with Gasteiger partial charge in [-0.25, -0.2) is 4.79 Å². The normalized spacial score (nSPS) is 14.9. The Morgan fingerprint density at radius 2 is 1.85 bits per heavy atom. The van der Waals surface area contributed by atoms with Crippen LogP contribution >= 0.6 is 11.6 Å². The summed E-state index contributed by atoms with van der Waals surface area (Å²) in [5.41, 5.74) is 1.81. The predicted octanol–water partition coefficient (Wildman–Crippen LogP) is 4.47. The number of nitrogens with zero attached hydrogens (tertiary/aromatic N) is 2. The van der Waals surface area contributed by atoms with E-state index in [9.17, 15) is 19.2 Å². The van der Waals surface area contributed by atoms with Gasteiger partial charge in [0.25, 0.3) is 0 Å². The summed E-state index contributed by atoms with van der Waals surface area (Å²) in [6, 6.07) is 9.10. The monoisotopic (exact) mass is 570 g/mol. The van der Waals surface area contributed by atoms with Crippen molar-refractivity contribution in [2.24, 2.45) is 5.92 Å². The number of hydrogen-bond acceptors (Lipinski definition) is 6. The van der Waals surface area contributed by atoms with Crippen LogP contribution in [0.4, 0.5) is 4.79 Å². The van der Waals surface area contributed by atoms with E-state index in [0.717, 1.165) is 36.8 Å². The van der Waals surface area contributed by atoms with Crippen molar-refractivity contribution in [2.75, 3.05) is 13.6 Å². The number of likely N-dealkylation sites (N-methyl/N-ethyl adjacent to an activating group) is 1. The van der Waals surface area contributed by atoms with Gasteiger partial charge in [0, 0.05) is 37.4 Å². The molecule has 1 aliphatic carbocycles.